The smallest absolute Gasteiger partial charge is 0.0891 e. The van der Waals surface area contributed by atoms with Crippen molar-refractivity contribution in [1.82, 2.24) is 0 Å². The first-order valence-electron chi connectivity index (χ1n) is 6.40. The minimum Gasteiger partial charge on any atom is -0.385 e. The van der Waals surface area contributed by atoms with E-state index in [1.165, 1.54) is 11.1 Å². The first kappa shape index (κ1) is 12.8. The van der Waals surface area contributed by atoms with Crippen LogP contribution < -0.4 is 0 Å². The molecule has 2 aromatic carbocycles. The number of aliphatic hydroxyl groups is 1. The molecule has 94 valence electrons. The molecule has 0 fully saturated rings. The molecule has 0 saturated carbocycles. The van der Waals surface area contributed by atoms with Crippen molar-refractivity contribution < 1.29 is 5.11 Å². The predicted molar refractivity (Wildman–Crippen MR) is 76.3 cm³/mol. The molecule has 0 saturated heterocycles. The molecule has 1 nitrogen and oxygen atoms in total. The summed E-state index contributed by atoms with van der Waals surface area (Å²) in [7, 11) is 0. The minimum absolute atomic E-state index is 0.195. The normalized spacial score (nSPS) is 14.5. The monoisotopic (exact) mass is 240 g/mol. The Kier molecular flexibility index (Phi) is 3.53. The summed E-state index contributed by atoms with van der Waals surface area (Å²) in [5.74, 6) is 0.195. The van der Waals surface area contributed by atoms with E-state index in [0.29, 0.717) is 0 Å². The number of rotatable bonds is 3. The molecular weight excluding hydrogens is 220 g/mol. The molecule has 0 bridgehead atoms. The fraction of sp³-hybridized carbons (Fsp3) is 0.294. The van der Waals surface area contributed by atoms with Crippen LogP contribution in [0.1, 0.15) is 26.3 Å². The van der Waals surface area contributed by atoms with Gasteiger partial charge in [-0.05, 0) is 29.5 Å². The average molecular weight is 240 g/mol. The van der Waals surface area contributed by atoms with E-state index in [4.69, 9.17) is 0 Å². The van der Waals surface area contributed by atoms with Crippen LogP contribution in [-0.4, -0.2) is 5.11 Å². The van der Waals surface area contributed by atoms with Gasteiger partial charge in [-0.3, -0.25) is 0 Å². The first-order valence-corrected chi connectivity index (χ1v) is 6.40. The van der Waals surface area contributed by atoms with E-state index in [2.05, 4.69) is 24.3 Å². The summed E-state index contributed by atoms with van der Waals surface area (Å²) >= 11 is 0. The maximum absolute atomic E-state index is 10.4. The molecule has 2 aromatic rings. The number of hydrogen-bond acceptors (Lipinski definition) is 1. The molecule has 0 aliphatic carbocycles. The zero-order chi connectivity index (χ0) is 13.2. The third-order valence-corrected chi connectivity index (χ3v) is 3.70. The lowest BCUT2D eigenvalue weighted by Gasteiger charge is -2.28. The molecular formula is C17H20O. The highest BCUT2D eigenvalue weighted by molar-refractivity contribution is 5.63. The third-order valence-electron chi connectivity index (χ3n) is 3.70. The molecule has 0 unspecified atom stereocenters. The maximum atomic E-state index is 10.4. The minimum atomic E-state index is -0.769. The molecule has 2 rings (SSSR count). The molecule has 1 heteroatoms. The van der Waals surface area contributed by atoms with Crippen molar-refractivity contribution >= 4 is 0 Å². The van der Waals surface area contributed by atoms with E-state index in [0.717, 1.165) is 5.56 Å². The quantitative estimate of drug-likeness (QED) is 0.851. The Bertz CT molecular complexity index is 495. The number of benzene rings is 2. The third kappa shape index (κ3) is 2.46. The highest BCUT2D eigenvalue weighted by atomic mass is 16.3. The van der Waals surface area contributed by atoms with E-state index in [9.17, 15) is 5.11 Å². The second-order valence-corrected chi connectivity index (χ2v) is 5.25. The zero-order valence-corrected chi connectivity index (χ0v) is 11.2. The summed E-state index contributed by atoms with van der Waals surface area (Å²) in [4.78, 5) is 0. The standard InChI is InChI=1S/C17H20O/c1-13(2)17(3,18)16-11-9-15(10-12-16)14-7-5-4-6-8-14/h4-13,18H,1-3H3/t17-/m1/s1. The lowest BCUT2D eigenvalue weighted by Crippen LogP contribution is -2.27. The predicted octanol–water partition coefficient (Wildman–Crippen LogP) is 4.22. The Balaban J connectivity index is 2.32. The second kappa shape index (κ2) is 4.95. The lowest BCUT2D eigenvalue weighted by molar-refractivity contribution is 0.00906. The van der Waals surface area contributed by atoms with E-state index >= 15 is 0 Å². The Labute approximate surface area is 109 Å². The van der Waals surface area contributed by atoms with E-state index in [-0.39, 0.29) is 5.92 Å². The molecule has 0 aliphatic heterocycles. The van der Waals surface area contributed by atoms with Crippen molar-refractivity contribution in [2.24, 2.45) is 5.92 Å². The van der Waals surface area contributed by atoms with Crippen molar-refractivity contribution in [1.29, 1.82) is 0 Å². The molecule has 1 N–H and O–H groups in total. The van der Waals surface area contributed by atoms with Gasteiger partial charge in [0.1, 0.15) is 0 Å². The maximum Gasteiger partial charge on any atom is 0.0891 e. The van der Waals surface area contributed by atoms with Crippen molar-refractivity contribution in [2.45, 2.75) is 26.4 Å². The summed E-state index contributed by atoms with van der Waals surface area (Å²) in [5, 5.41) is 10.4. The van der Waals surface area contributed by atoms with Crippen molar-refractivity contribution in [2.75, 3.05) is 0 Å². The van der Waals surface area contributed by atoms with Gasteiger partial charge >= 0.3 is 0 Å². The molecule has 0 amide bonds. The summed E-state index contributed by atoms with van der Waals surface area (Å²) < 4.78 is 0. The fourth-order valence-electron chi connectivity index (χ4n) is 1.96. The topological polar surface area (TPSA) is 20.2 Å². The van der Waals surface area contributed by atoms with Crippen LogP contribution in [0.2, 0.25) is 0 Å². The van der Waals surface area contributed by atoms with Gasteiger partial charge in [-0.2, -0.15) is 0 Å². The molecule has 0 heterocycles. The van der Waals surface area contributed by atoms with Crippen molar-refractivity contribution in [3.63, 3.8) is 0 Å². The lowest BCUT2D eigenvalue weighted by atomic mass is 9.84. The molecule has 0 spiro atoms. The Morgan fingerprint density at radius 3 is 1.83 bits per heavy atom. The highest BCUT2D eigenvalue weighted by Crippen LogP contribution is 2.30. The molecule has 0 aliphatic rings. The SMILES string of the molecule is CC(C)[C@@](C)(O)c1ccc(-c2ccccc2)cc1. The number of hydrogen-bond donors (Lipinski definition) is 1. The first-order chi connectivity index (χ1) is 8.51. The Morgan fingerprint density at radius 1 is 0.833 bits per heavy atom. The molecule has 18 heavy (non-hydrogen) atoms. The van der Waals surface area contributed by atoms with Crippen LogP contribution in [0.4, 0.5) is 0 Å². The van der Waals surface area contributed by atoms with Crippen molar-refractivity contribution in [3.8, 4) is 11.1 Å². The zero-order valence-electron chi connectivity index (χ0n) is 11.2. The average Bonchev–Trinajstić information content (AvgIpc) is 2.40. The van der Waals surface area contributed by atoms with Gasteiger partial charge in [0, 0.05) is 0 Å². The molecule has 1 atom stereocenters. The summed E-state index contributed by atoms with van der Waals surface area (Å²) in [6, 6.07) is 18.4. The van der Waals surface area contributed by atoms with Gasteiger partial charge in [0.25, 0.3) is 0 Å². The van der Waals surface area contributed by atoms with Crippen LogP contribution in [0.15, 0.2) is 54.6 Å². The van der Waals surface area contributed by atoms with Crippen LogP contribution in [0, 0.1) is 5.92 Å². The highest BCUT2D eigenvalue weighted by Gasteiger charge is 2.26. The van der Waals surface area contributed by atoms with Gasteiger partial charge in [-0.15, -0.1) is 0 Å². The second-order valence-electron chi connectivity index (χ2n) is 5.25. The fourth-order valence-corrected chi connectivity index (χ4v) is 1.96. The summed E-state index contributed by atoms with van der Waals surface area (Å²) in [6.07, 6.45) is 0. The van der Waals surface area contributed by atoms with Crippen LogP contribution >= 0.6 is 0 Å². The van der Waals surface area contributed by atoms with E-state index in [1.54, 1.807) is 0 Å². The van der Waals surface area contributed by atoms with E-state index in [1.807, 2.05) is 51.1 Å². The summed E-state index contributed by atoms with van der Waals surface area (Å²) in [6.45, 7) is 5.94. The van der Waals surface area contributed by atoms with Gasteiger partial charge in [0.05, 0.1) is 5.60 Å². The van der Waals surface area contributed by atoms with Crippen LogP contribution in [0.5, 0.6) is 0 Å². The van der Waals surface area contributed by atoms with Gasteiger partial charge in [-0.1, -0.05) is 68.4 Å². The Hall–Kier alpha value is -1.60. The Morgan fingerprint density at radius 2 is 1.33 bits per heavy atom. The van der Waals surface area contributed by atoms with Crippen LogP contribution in [0.25, 0.3) is 11.1 Å². The van der Waals surface area contributed by atoms with Gasteiger partial charge in [-0.25, -0.2) is 0 Å². The molecule has 0 radical (unpaired) electrons. The largest absolute Gasteiger partial charge is 0.385 e. The molecule has 0 aromatic heterocycles. The van der Waals surface area contributed by atoms with Gasteiger partial charge < -0.3 is 5.11 Å². The van der Waals surface area contributed by atoms with E-state index < -0.39 is 5.60 Å². The van der Waals surface area contributed by atoms with Crippen LogP contribution in [-0.2, 0) is 5.60 Å². The van der Waals surface area contributed by atoms with Gasteiger partial charge in [0.2, 0.25) is 0 Å². The van der Waals surface area contributed by atoms with Crippen LogP contribution in [0.3, 0.4) is 0 Å². The van der Waals surface area contributed by atoms with Gasteiger partial charge in [0.15, 0.2) is 0 Å². The van der Waals surface area contributed by atoms with Crippen molar-refractivity contribution in [3.05, 3.63) is 60.2 Å². The summed E-state index contributed by atoms with van der Waals surface area (Å²) in [5.41, 5.74) is 2.58.